The fraction of sp³-hybridized carbons (Fsp3) is 0.154. The van der Waals surface area contributed by atoms with E-state index in [9.17, 15) is 12.8 Å². The van der Waals surface area contributed by atoms with Gasteiger partial charge in [0.25, 0.3) is 0 Å². The third-order valence-electron chi connectivity index (χ3n) is 2.79. The van der Waals surface area contributed by atoms with Crippen molar-refractivity contribution in [2.45, 2.75) is 10.1 Å². The van der Waals surface area contributed by atoms with Gasteiger partial charge in [0.1, 0.15) is 11.1 Å². The summed E-state index contributed by atoms with van der Waals surface area (Å²) in [5.41, 5.74) is 6.10. The van der Waals surface area contributed by atoms with E-state index >= 15 is 0 Å². The van der Waals surface area contributed by atoms with Gasteiger partial charge in [0.05, 0.1) is 4.90 Å². The molecule has 1 atom stereocenters. The van der Waals surface area contributed by atoms with Gasteiger partial charge < -0.3 is 5.73 Å². The number of pyridine rings is 1. The van der Waals surface area contributed by atoms with Crippen molar-refractivity contribution in [3.63, 3.8) is 0 Å². The fourth-order valence-corrected chi connectivity index (χ4v) is 3.39. The highest BCUT2D eigenvalue weighted by Crippen LogP contribution is 2.27. The first kappa shape index (κ1) is 13.6. The van der Waals surface area contributed by atoms with Crippen LogP contribution in [0.4, 0.5) is 4.39 Å². The Hall–Kier alpha value is -1.79. The summed E-state index contributed by atoms with van der Waals surface area (Å²) in [7, 11) is -3.65. The largest absolute Gasteiger partial charge is 0.329 e. The monoisotopic (exact) mass is 280 g/mol. The molecule has 1 heterocycles. The molecule has 4 nitrogen and oxygen atoms in total. The van der Waals surface area contributed by atoms with E-state index in [2.05, 4.69) is 4.98 Å². The van der Waals surface area contributed by atoms with Crippen LogP contribution in [0.3, 0.4) is 0 Å². The summed E-state index contributed by atoms with van der Waals surface area (Å²) in [6.45, 7) is -0.0641. The zero-order valence-electron chi connectivity index (χ0n) is 10.0. The lowest BCUT2D eigenvalue weighted by Gasteiger charge is -2.15. The molecule has 19 heavy (non-hydrogen) atoms. The van der Waals surface area contributed by atoms with E-state index in [1.54, 1.807) is 18.3 Å². The van der Waals surface area contributed by atoms with Crippen molar-refractivity contribution < 1.29 is 12.8 Å². The minimum absolute atomic E-state index is 0.0493. The number of benzene rings is 1. The predicted octanol–water partition coefficient (Wildman–Crippen LogP) is 1.69. The molecule has 6 heteroatoms. The lowest BCUT2D eigenvalue weighted by molar-refractivity contribution is 0.581. The number of sulfone groups is 1. The Morgan fingerprint density at radius 1 is 1.21 bits per heavy atom. The molecule has 100 valence electrons. The van der Waals surface area contributed by atoms with Crippen LogP contribution < -0.4 is 5.73 Å². The molecule has 0 saturated carbocycles. The van der Waals surface area contributed by atoms with Gasteiger partial charge in [-0.25, -0.2) is 12.8 Å². The van der Waals surface area contributed by atoms with Crippen molar-refractivity contribution in [2.24, 2.45) is 5.73 Å². The minimum Gasteiger partial charge on any atom is -0.329 e. The van der Waals surface area contributed by atoms with Crippen LogP contribution in [0.5, 0.6) is 0 Å². The summed E-state index contributed by atoms with van der Waals surface area (Å²) >= 11 is 0. The number of halogens is 1. The Balaban J connectivity index is 2.45. The topological polar surface area (TPSA) is 73.0 Å². The van der Waals surface area contributed by atoms with Crippen LogP contribution in [0.25, 0.3) is 0 Å². The van der Waals surface area contributed by atoms with Gasteiger partial charge in [-0.15, -0.1) is 0 Å². The van der Waals surface area contributed by atoms with Gasteiger partial charge in [0.2, 0.25) is 0 Å². The lowest BCUT2D eigenvalue weighted by atomic mass is 10.2. The average molecular weight is 280 g/mol. The highest BCUT2D eigenvalue weighted by atomic mass is 32.2. The van der Waals surface area contributed by atoms with Crippen LogP contribution in [0.1, 0.15) is 10.8 Å². The van der Waals surface area contributed by atoms with Crippen LogP contribution in [0.2, 0.25) is 0 Å². The molecule has 0 aliphatic carbocycles. The smallest absolute Gasteiger partial charge is 0.186 e. The molecule has 2 aromatic rings. The summed E-state index contributed by atoms with van der Waals surface area (Å²) in [5.74, 6) is -0.482. The van der Waals surface area contributed by atoms with Crippen LogP contribution in [0.15, 0.2) is 53.7 Å². The molecule has 0 spiro atoms. The summed E-state index contributed by atoms with van der Waals surface area (Å²) in [5, 5.41) is -0.883. The van der Waals surface area contributed by atoms with Crippen molar-refractivity contribution in [2.75, 3.05) is 6.54 Å². The molecular formula is C13H13FN2O2S. The molecule has 0 bridgehead atoms. The van der Waals surface area contributed by atoms with Crippen molar-refractivity contribution in [3.8, 4) is 0 Å². The van der Waals surface area contributed by atoms with Gasteiger partial charge in [0, 0.05) is 18.9 Å². The number of nitrogens with two attached hydrogens (primary N) is 1. The normalized spacial score (nSPS) is 13.2. The van der Waals surface area contributed by atoms with E-state index in [1.807, 2.05) is 0 Å². The maximum absolute atomic E-state index is 12.9. The quantitative estimate of drug-likeness (QED) is 0.865. The second kappa shape index (κ2) is 5.46. The first-order valence-corrected chi connectivity index (χ1v) is 7.20. The van der Waals surface area contributed by atoms with Gasteiger partial charge in [-0.1, -0.05) is 6.07 Å². The van der Waals surface area contributed by atoms with Gasteiger partial charge in [-0.3, -0.25) is 4.98 Å². The number of aromatic nitrogens is 1. The molecule has 2 rings (SSSR count). The minimum atomic E-state index is -3.65. The maximum atomic E-state index is 12.9. The Bertz CT molecular complexity index is 642. The fourth-order valence-electron chi connectivity index (χ4n) is 1.80. The second-order valence-electron chi connectivity index (χ2n) is 4.01. The Labute approximate surface area is 111 Å². The third kappa shape index (κ3) is 2.80. The van der Waals surface area contributed by atoms with Crippen LogP contribution in [0, 0.1) is 5.82 Å². The van der Waals surface area contributed by atoms with Gasteiger partial charge in [0.15, 0.2) is 9.84 Å². The first-order chi connectivity index (χ1) is 9.05. The molecule has 0 amide bonds. The van der Waals surface area contributed by atoms with Crippen molar-refractivity contribution in [3.05, 3.63) is 60.2 Å². The average Bonchev–Trinajstić information content (AvgIpc) is 2.41. The number of rotatable bonds is 4. The summed E-state index contributed by atoms with van der Waals surface area (Å²) in [6, 6.07) is 8.02. The van der Waals surface area contributed by atoms with E-state index in [0.717, 1.165) is 12.1 Å². The molecule has 0 aliphatic rings. The second-order valence-corrected chi connectivity index (χ2v) is 6.14. The molecule has 0 fully saturated rings. The molecule has 1 aromatic carbocycles. The van der Waals surface area contributed by atoms with E-state index in [-0.39, 0.29) is 11.4 Å². The molecule has 0 saturated heterocycles. The van der Waals surface area contributed by atoms with Crippen molar-refractivity contribution >= 4 is 9.84 Å². The number of hydrogen-bond donors (Lipinski definition) is 1. The van der Waals surface area contributed by atoms with Crippen molar-refractivity contribution in [1.29, 1.82) is 0 Å². The maximum Gasteiger partial charge on any atom is 0.186 e. The molecule has 2 N–H and O–H groups in total. The lowest BCUT2D eigenvalue weighted by Crippen LogP contribution is -2.22. The van der Waals surface area contributed by atoms with E-state index < -0.39 is 20.9 Å². The first-order valence-electron chi connectivity index (χ1n) is 5.65. The Morgan fingerprint density at radius 3 is 2.42 bits per heavy atom. The zero-order valence-corrected chi connectivity index (χ0v) is 10.8. The van der Waals surface area contributed by atoms with Gasteiger partial charge in [-0.05, 0) is 35.9 Å². The van der Waals surface area contributed by atoms with Crippen LogP contribution >= 0.6 is 0 Å². The predicted molar refractivity (Wildman–Crippen MR) is 69.6 cm³/mol. The third-order valence-corrected chi connectivity index (χ3v) is 4.93. The molecule has 1 aromatic heterocycles. The summed E-state index contributed by atoms with van der Waals surface area (Å²) in [4.78, 5) is 3.94. The van der Waals surface area contributed by atoms with E-state index in [1.165, 1.54) is 18.3 Å². The van der Waals surface area contributed by atoms with E-state index in [0.29, 0.717) is 5.56 Å². The molecule has 0 aliphatic heterocycles. The molecule has 0 radical (unpaired) electrons. The van der Waals surface area contributed by atoms with Crippen molar-refractivity contribution in [1.82, 2.24) is 4.98 Å². The highest BCUT2D eigenvalue weighted by molar-refractivity contribution is 7.91. The highest BCUT2D eigenvalue weighted by Gasteiger charge is 2.28. The molecular weight excluding hydrogens is 267 g/mol. The van der Waals surface area contributed by atoms with Gasteiger partial charge in [-0.2, -0.15) is 0 Å². The zero-order chi connectivity index (χ0) is 13.9. The number of nitrogens with zero attached hydrogens (tertiary/aromatic N) is 1. The summed E-state index contributed by atoms with van der Waals surface area (Å²) in [6.07, 6.45) is 3.03. The Morgan fingerprint density at radius 2 is 1.89 bits per heavy atom. The van der Waals surface area contributed by atoms with Gasteiger partial charge >= 0.3 is 0 Å². The Kier molecular flexibility index (Phi) is 3.92. The SMILES string of the molecule is NC[C@H](c1cccnc1)S(=O)(=O)c1ccc(F)cc1. The standard InChI is InChI=1S/C13H13FN2O2S/c14-11-3-5-12(6-4-11)19(17,18)13(8-15)10-2-1-7-16-9-10/h1-7,9,13H,8,15H2/t13-/m1/s1. The van der Waals surface area contributed by atoms with Crippen LogP contribution in [-0.4, -0.2) is 19.9 Å². The van der Waals surface area contributed by atoms with Crippen LogP contribution in [-0.2, 0) is 9.84 Å². The van der Waals surface area contributed by atoms with E-state index in [4.69, 9.17) is 5.73 Å². The summed E-state index contributed by atoms with van der Waals surface area (Å²) < 4.78 is 37.7. The molecule has 0 unspecified atom stereocenters. The number of hydrogen-bond acceptors (Lipinski definition) is 4.